The fourth-order valence-electron chi connectivity index (χ4n) is 3.00. The summed E-state index contributed by atoms with van der Waals surface area (Å²) < 4.78 is 14.1. The highest BCUT2D eigenvalue weighted by molar-refractivity contribution is 7.16. The number of aromatic nitrogens is 1. The van der Waals surface area contributed by atoms with Gasteiger partial charge in [-0.15, -0.1) is 6.42 Å². The SMILES string of the molecule is C#CCn1c(=NC(=O)c2ccc(OCC)c(OCC)c2)sc2cc(CC)ccc21. The van der Waals surface area contributed by atoms with E-state index in [1.54, 1.807) is 18.2 Å². The molecule has 29 heavy (non-hydrogen) atoms. The van der Waals surface area contributed by atoms with Crippen molar-refractivity contribution >= 4 is 27.5 Å². The lowest BCUT2D eigenvalue weighted by Gasteiger charge is -2.11. The minimum atomic E-state index is -0.345. The van der Waals surface area contributed by atoms with Gasteiger partial charge in [-0.2, -0.15) is 4.99 Å². The zero-order valence-corrected chi connectivity index (χ0v) is 17.7. The first-order valence-corrected chi connectivity index (χ1v) is 10.5. The number of hydrogen-bond donors (Lipinski definition) is 0. The number of ether oxygens (including phenoxy) is 2. The molecule has 5 nitrogen and oxygen atoms in total. The molecule has 0 aliphatic carbocycles. The predicted molar refractivity (Wildman–Crippen MR) is 117 cm³/mol. The molecule has 0 unspecified atom stereocenters. The average molecular weight is 409 g/mol. The lowest BCUT2D eigenvalue weighted by Crippen LogP contribution is -2.16. The molecule has 0 radical (unpaired) electrons. The summed E-state index contributed by atoms with van der Waals surface area (Å²) in [6.07, 6.45) is 6.50. The highest BCUT2D eigenvalue weighted by Crippen LogP contribution is 2.29. The fraction of sp³-hybridized carbons (Fsp3) is 0.304. The second-order valence-corrected chi connectivity index (χ2v) is 7.28. The molecule has 0 fully saturated rings. The van der Waals surface area contributed by atoms with Crippen LogP contribution in [0.3, 0.4) is 0 Å². The van der Waals surface area contributed by atoms with E-state index in [4.69, 9.17) is 15.9 Å². The monoisotopic (exact) mass is 408 g/mol. The molecular weight excluding hydrogens is 384 g/mol. The number of carbonyl (C=O) groups is 1. The van der Waals surface area contributed by atoms with Gasteiger partial charge in [-0.05, 0) is 56.2 Å². The van der Waals surface area contributed by atoms with E-state index in [-0.39, 0.29) is 5.91 Å². The third-order valence-electron chi connectivity index (χ3n) is 4.39. The highest BCUT2D eigenvalue weighted by Gasteiger charge is 2.13. The van der Waals surface area contributed by atoms with Crippen molar-refractivity contribution < 1.29 is 14.3 Å². The molecule has 0 atom stereocenters. The molecule has 0 N–H and O–H groups in total. The van der Waals surface area contributed by atoms with Gasteiger partial charge in [0, 0.05) is 5.56 Å². The van der Waals surface area contributed by atoms with Crippen LogP contribution in [0.1, 0.15) is 36.7 Å². The molecule has 0 spiro atoms. The quantitative estimate of drug-likeness (QED) is 0.543. The third kappa shape index (κ3) is 4.52. The van der Waals surface area contributed by atoms with Gasteiger partial charge in [0.15, 0.2) is 16.3 Å². The van der Waals surface area contributed by atoms with Crippen LogP contribution in [-0.4, -0.2) is 23.7 Å². The van der Waals surface area contributed by atoms with E-state index in [0.29, 0.717) is 41.6 Å². The van der Waals surface area contributed by atoms with Crippen LogP contribution in [0.15, 0.2) is 41.4 Å². The van der Waals surface area contributed by atoms with E-state index in [0.717, 1.165) is 16.6 Å². The Morgan fingerprint density at radius 1 is 1.10 bits per heavy atom. The van der Waals surface area contributed by atoms with Gasteiger partial charge < -0.3 is 14.0 Å². The largest absolute Gasteiger partial charge is 0.490 e. The Hall–Kier alpha value is -3.04. The maximum absolute atomic E-state index is 12.9. The summed E-state index contributed by atoms with van der Waals surface area (Å²) in [5, 5.41) is 0. The Labute approximate surface area is 174 Å². The van der Waals surface area contributed by atoms with Crippen LogP contribution in [0.25, 0.3) is 10.2 Å². The molecular formula is C23H24N2O3S. The van der Waals surface area contributed by atoms with Gasteiger partial charge >= 0.3 is 0 Å². The van der Waals surface area contributed by atoms with Crippen molar-refractivity contribution in [1.82, 2.24) is 4.57 Å². The van der Waals surface area contributed by atoms with E-state index in [2.05, 4.69) is 30.0 Å². The molecule has 2 aromatic carbocycles. The Morgan fingerprint density at radius 2 is 1.86 bits per heavy atom. The molecule has 0 saturated carbocycles. The normalized spacial score (nSPS) is 11.4. The molecule has 1 aromatic heterocycles. The number of hydrogen-bond acceptors (Lipinski definition) is 4. The minimum absolute atomic E-state index is 0.345. The van der Waals surface area contributed by atoms with Crippen LogP contribution in [0.4, 0.5) is 0 Å². The average Bonchev–Trinajstić information content (AvgIpc) is 3.06. The summed E-state index contributed by atoms with van der Waals surface area (Å²) in [6, 6.07) is 11.4. The number of nitrogens with zero attached hydrogens (tertiary/aromatic N) is 2. The number of rotatable bonds is 7. The minimum Gasteiger partial charge on any atom is -0.490 e. The number of amides is 1. The van der Waals surface area contributed by atoms with E-state index >= 15 is 0 Å². The predicted octanol–water partition coefficient (Wildman–Crippen LogP) is 4.44. The Kier molecular flexibility index (Phi) is 6.73. The number of carbonyl (C=O) groups excluding carboxylic acids is 1. The molecule has 6 heteroatoms. The summed E-state index contributed by atoms with van der Waals surface area (Å²) in [4.78, 5) is 17.8. The lowest BCUT2D eigenvalue weighted by atomic mass is 10.2. The molecule has 0 aliphatic rings. The number of terminal acetylenes is 1. The molecule has 3 aromatic rings. The van der Waals surface area contributed by atoms with Gasteiger partial charge in [0.05, 0.1) is 30.0 Å². The lowest BCUT2D eigenvalue weighted by molar-refractivity contribution is 0.0997. The van der Waals surface area contributed by atoms with Gasteiger partial charge in [0.25, 0.3) is 5.91 Å². The highest BCUT2D eigenvalue weighted by atomic mass is 32.1. The summed E-state index contributed by atoms with van der Waals surface area (Å²) in [6.45, 7) is 7.25. The van der Waals surface area contributed by atoms with Crippen LogP contribution in [-0.2, 0) is 13.0 Å². The van der Waals surface area contributed by atoms with Crippen LogP contribution < -0.4 is 14.3 Å². The summed E-state index contributed by atoms with van der Waals surface area (Å²) in [7, 11) is 0. The molecule has 0 aliphatic heterocycles. The van der Waals surface area contributed by atoms with Gasteiger partial charge in [0.2, 0.25) is 0 Å². The summed E-state index contributed by atoms with van der Waals surface area (Å²) in [5.74, 6) is 3.46. The molecule has 1 amide bonds. The van der Waals surface area contributed by atoms with Crippen molar-refractivity contribution in [1.29, 1.82) is 0 Å². The first kappa shape index (κ1) is 20.7. The number of thiazole rings is 1. The standard InChI is InChI=1S/C23H24N2O3S/c1-5-13-25-18-11-9-16(6-2)14-21(18)29-23(25)24-22(26)17-10-12-19(27-7-3)20(15-17)28-8-4/h1,9-12,14-15H,6-8,13H2,2-4H3. The van der Waals surface area contributed by atoms with Crippen molar-refractivity contribution in [3.05, 3.63) is 52.3 Å². The van der Waals surface area contributed by atoms with Crippen molar-refractivity contribution in [3.63, 3.8) is 0 Å². The van der Waals surface area contributed by atoms with Crippen LogP contribution in [0.2, 0.25) is 0 Å². The van der Waals surface area contributed by atoms with E-state index < -0.39 is 0 Å². The zero-order valence-electron chi connectivity index (χ0n) is 16.9. The maximum Gasteiger partial charge on any atom is 0.279 e. The molecule has 3 rings (SSSR count). The van der Waals surface area contributed by atoms with Crippen molar-refractivity contribution in [2.45, 2.75) is 33.7 Å². The molecule has 1 heterocycles. The second kappa shape index (κ2) is 9.44. The first-order valence-electron chi connectivity index (χ1n) is 9.65. The summed E-state index contributed by atoms with van der Waals surface area (Å²) in [5.41, 5.74) is 2.66. The van der Waals surface area contributed by atoms with Crippen LogP contribution in [0.5, 0.6) is 11.5 Å². The number of aryl methyl sites for hydroxylation is 1. The Morgan fingerprint density at radius 3 is 2.55 bits per heavy atom. The van der Waals surface area contributed by atoms with E-state index in [1.807, 2.05) is 24.5 Å². The van der Waals surface area contributed by atoms with Crippen molar-refractivity contribution in [2.24, 2.45) is 4.99 Å². The van der Waals surface area contributed by atoms with Crippen molar-refractivity contribution in [3.8, 4) is 23.8 Å². The Balaban J connectivity index is 2.06. The van der Waals surface area contributed by atoms with Crippen LogP contribution >= 0.6 is 11.3 Å². The second-order valence-electron chi connectivity index (χ2n) is 6.28. The number of benzene rings is 2. The topological polar surface area (TPSA) is 52.8 Å². The van der Waals surface area contributed by atoms with E-state index in [9.17, 15) is 4.79 Å². The zero-order chi connectivity index (χ0) is 20.8. The summed E-state index contributed by atoms with van der Waals surface area (Å²) >= 11 is 1.47. The van der Waals surface area contributed by atoms with Gasteiger partial charge in [-0.25, -0.2) is 0 Å². The Bertz CT molecular complexity index is 1140. The van der Waals surface area contributed by atoms with Crippen molar-refractivity contribution in [2.75, 3.05) is 13.2 Å². The maximum atomic E-state index is 12.9. The molecule has 0 saturated heterocycles. The van der Waals surface area contributed by atoms with E-state index in [1.165, 1.54) is 16.9 Å². The van der Waals surface area contributed by atoms with Gasteiger partial charge in [0.1, 0.15) is 0 Å². The smallest absolute Gasteiger partial charge is 0.279 e. The van der Waals surface area contributed by atoms with Gasteiger partial charge in [-0.3, -0.25) is 4.79 Å². The fourth-order valence-corrected chi connectivity index (χ4v) is 4.09. The first-order chi connectivity index (χ1) is 14.1. The molecule has 0 bridgehead atoms. The third-order valence-corrected chi connectivity index (χ3v) is 5.43. The van der Waals surface area contributed by atoms with Crippen LogP contribution in [0, 0.1) is 12.3 Å². The molecule has 150 valence electrons. The van der Waals surface area contributed by atoms with Gasteiger partial charge in [-0.1, -0.05) is 30.2 Å². The number of fused-ring (bicyclic) bond motifs is 1.